The van der Waals surface area contributed by atoms with Crippen LogP contribution in [-0.2, 0) is 4.74 Å². The molecule has 0 aromatic rings. The molecule has 1 saturated heterocycles. The standard InChI is InChI=1S/C14H27NO/c1-12-6-2-3-9-14(12)15-10-4-7-13-8-5-11-16-13/h12-15H,2-11H2,1H3. The summed E-state index contributed by atoms with van der Waals surface area (Å²) >= 11 is 0. The molecule has 1 N–H and O–H groups in total. The minimum atomic E-state index is 0.575. The van der Waals surface area contributed by atoms with E-state index in [2.05, 4.69) is 12.2 Å². The van der Waals surface area contributed by atoms with Gasteiger partial charge in [-0.15, -0.1) is 0 Å². The molecular formula is C14H27NO. The van der Waals surface area contributed by atoms with Crippen molar-refractivity contribution in [3.8, 4) is 0 Å². The summed E-state index contributed by atoms with van der Waals surface area (Å²) < 4.78 is 5.64. The average molecular weight is 225 g/mol. The third-order valence-electron chi connectivity index (χ3n) is 4.24. The summed E-state index contributed by atoms with van der Waals surface area (Å²) in [5.41, 5.74) is 0. The van der Waals surface area contributed by atoms with Crippen LogP contribution in [0.5, 0.6) is 0 Å². The molecule has 2 rings (SSSR count). The Morgan fingerprint density at radius 3 is 2.75 bits per heavy atom. The summed E-state index contributed by atoms with van der Waals surface area (Å²) in [6.45, 7) is 4.59. The van der Waals surface area contributed by atoms with Gasteiger partial charge in [0.05, 0.1) is 6.10 Å². The predicted molar refractivity (Wildman–Crippen MR) is 67.6 cm³/mol. The first-order chi connectivity index (χ1) is 7.86. The largest absolute Gasteiger partial charge is 0.378 e. The second kappa shape index (κ2) is 6.61. The fraction of sp³-hybridized carbons (Fsp3) is 1.00. The zero-order chi connectivity index (χ0) is 11.2. The van der Waals surface area contributed by atoms with E-state index in [1.54, 1.807) is 0 Å². The highest BCUT2D eigenvalue weighted by molar-refractivity contribution is 4.78. The van der Waals surface area contributed by atoms with Gasteiger partial charge in [0.1, 0.15) is 0 Å². The molecule has 2 fully saturated rings. The van der Waals surface area contributed by atoms with Crippen molar-refractivity contribution in [1.29, 1.82) is 0 Å². The van der Waals surface area contributed by atoms with Gasteiger partial charge in [0.15, 0.2) is 0 Å². The van der Waals surface area contributed by atoms with Crippen LogP contribution in [0.15, 0.2) is 0 Å². The lowest BCUT2D eigenvalue weighted by Gasteiger charge is -2.29. The molecule has 1 heterocycles. The van der Waals surface area contributed by atoms with Crippen LogP contribution in [0.25, 0.3) is 0 Å². The Bertz CT molecular complexity index is 189. The highest BCUT2D eigenvalue weighted by Gasteiger charge is 2.20. The second-order valence-corrected chi connectivity index (χ2v) is 5.60. The van der Waals surface area contributed by atoms with Gasteiger partial charge in [0.2, 0.25) is 0 Å². The Kier molecular flexibility index (Phi) is 5.11. The number of hydrogen-bond donors (Lipinski definition) is 1. The minimum absolute atomic E-state index is 0.575. The van der Waals surface area contributed by atoms with E-state index in [1.165, 1.54) is 57.9 Å². The molecule has 2 aliphatic rings. The lowest BCUT2D eigenvalue weighted by molar-refractivity contribution is 0.102. The zero-order valence-corrected chi connectivity index (χ0v) is 10.7. The molecule has 0 aromatic carbocycles. The fourth-order valence-corrected chi connectivity index (χ4v) is 3.11. The van der Waals surface area contributed by atoms with Crippen LogP contribution in [0.1, 0.15) is 58.3 Å². The van der Waals surface area contributed by atoms with Gasteiger partial charge in [-0.1, -0.05) is 19.8 Å². The first-order valence-electron chi connectivity index (χ1n) is 7.21. The second-order valence-electron chi connectivity index (χ2n) is 5.60. The number of ether oxygens (including phenoxy) is 1. The molecule has 0 spiro atoms. The zero-order valence-electron chi connectivity index (χ0n) is 10.7. The van der Waals surface area contributed by atoms with Crippen molar-refractivity contribution in [2.45, 2.75) is 70.4 Å². The monoisotopic (exact) mass is 225 g/mol. The summed E-state index contributed by atoms with van der Waals surface area (Å²) in [5.74, 6) is 0.886. The normalized spacial score (nSPS) is 35.4. The van der Waals surface area contributed by atoms with Crippen molar-refractivity contribution in [3.05, 3.63) is 0 Å². The number of nitrogens with one attached hydrogen (secondary N) is 1. The molecule has 1 saturated carbocycles. The average Bonchev–Trinajstić information content (AvgIpc) is 2.79. The third kappa shape index (κ3) is 3.74. The van der Waals surface area contributed by atoms with Gasteiger partial charge in [-0.2, -0.15) is 0 Å². The topological polar surface area (TPSA) is 21.3 Å². The molecule has 3 atom stereocenters. The fourth-order valence-electron chi connectivity index (χ4n) is 3.11. The Morgan fingerprint density at radius 1 is 1.12 bits per heavy atom. The molecule has 2 nitrogen and oxygen atoms in total. The van der Waals surface area contributed by atoms with Crippen LogP contribution >= 0.6 is 0 Å². The molecule has 16 heavy (non-hydrogen) atoms. The third-order valence-corrected chi connectivity index (χ3v) is 4.24. The Balaban J connectivity index is 1.53. The van der Waals surface area contributed by atoms with E-state index < -0.39 is 0 Å². The maximum atomic E-state index is 5.64. The maximum absolute atomic E-state index is 5.64. The van der Waals surface area contributed by atoms with Crippen LogP contribution in [0.4, 0.5) is 0 Å². The van der Waals surface area contributed by atoms with Gasteiger partial charge in [-0.3, -0.25) is 0 Å². The highest BCUT2D eigenvalue weighted by Crippen LogP contribution is 2.23. The van der Waals surface area contributed by atoms with E-state index in [4.69, 9.17) is 4.74 Å². The molecule has 0 bridgehead atoms. The number of rotatable bonds is 5. The van der Waals surface area contributed by atoms with Gasteiger partial charge in [0, 0.05) is 12.6 Å². The van der Waals surface area contributed by atoms with Crippen LogP contribution in [0.2, 0.25) is 0 Å². The van der Waals surface area contributed by atoms with Crippen molar-refractivity contribution in [1.82, 2.24) is 5.32 Å². The summed E-state index contributed by atoms with van der Waals surface area (Å²) in [6, 6.07) is 0.790. The van der Waals surface area contributed by atoms with Crippen molar-refractivity contribution in [2.75, 3.05) is 13.2 Å². The summed E-state index contributed by atoms with van der Waals surface area (Å²) in [7, 11) is 0. The Hall–Kier alpha value is -0.0800. The summed E-state index contributed by atoms with van der Waals surface area (Å²) in [6.07, 6.45) is 11.4. The first-order valence-corrected chi connectivity index (χ1v) is 7.21. The molecule has 0 radical (unpaired) electrons. The molecule has 1 aliphatic heterocycles. The predicted octanol–water partition coefficient (Wildman–Crippen LogP) is 3.11. The van der Waals surface area contributed by atoms with Gasteiger partial charge in [-0.25, -0.2) is 0 Å². The van der Waals surface area contributed by atoms with Crippen LogP contribution in [0.3, 0.4) is 0 Å². The van der Waals surface area contributed by atoms with Crippen molar-refractivity contribution in [2.24, 2.45) is 5.92 Å². The van der Waals surface area contributed by atoms with E-state index >= 15 is 0 Å². The molecule has 0 amide bonds. The molecular weight excluding hydrogens is 198 g/mol. The maximum Gasteiger partial charge on any atom is 0.0576 e. The van der Waals surface area contributed by atoms with E-state index in [9.17, 15) is 0 Å². The lowest BCUT2D eigenvalue weighted by Crippen LogP contribution is -2.37. The van der Waals surface area contributed by atoms with Crippen LogP contribution in [0, 0.1) is 5.92 Å². The quantitative estimate of drug-likeness (QED) is 0.726. The minimum Gasteiger partial charge on any atom is -0.378 e. The lowest BCUT2D eigenvalue weighted by atomic mass is 9.86. The van der Waals surface area contributed by atoms with Crippen LogP contribution in [-0.4, -0.2) is 25.3 Å². The first kappa shape index (κ1) is 12.4. The van der Waals surface area contributed by atoms with Crippen molar-refractivity contribution in [3.63, 3.8) is 0 Å². The molecule has 2 heteroatoms. The number of hydrogen-bond acceptors (Lipinski definition) is 2. The van der Waals surface area contributed by atoms with Gasteiger partial charge in [-0.05, 0) is 51.0 Å². The van der Waals surface area contributed by atoms with Gasteiger partial charge >= 0.3 is 0 Å². The molecule has 94 valence electrons. The van der Waals surface area contributed by atoms with Crippen molar-refractivity contribution >= 4 is 0 Å². The van der Waals surface area contributed by atoms with E-state index in [0.717, 1.165) is 18.6 Å². The summed E-state index contributed by atoms with van der Waals surface area (Å²) in [4.78, 5) is 0. The van der Waals surface area contributed by atoms with Gasteiger partial charge < -0.3 is 10.1 Å². The van der Waals surface area contributed by atoms with Gasteiger partial charge in [0.25, 0.3) is 0 Å². The van der Waals surface area contributed by atoms with Crippen LogP contribution < -0.4 is 5.32 Å². The van der Waals surface area contributed by atoms with E-state index in [-0.39, 0.29) is 0 Å². The summed E-state index contributed by atoms with van der Waals surface area (Å²) in [5, 5.41) is 3.74. The molecule has 1 aliphatic carbocycles. The van der Waals surface area contributed by atoms with E-state index in [0.29, 0.717) is 6.10 Å². The SMILES string of the molecule is CC1CCCCC1NCCCC1CCCO1. The Labute approximate surface area is 100 Å². The highest BCUT2D eigenvalue weighted by atomic mass is 16.5. The molecule has 0 aromatic heterocycles. The Morgan fingerprint density at radius 2 is 2.00 bits per heavy atom. The van der Waals surface area contributed by atoms with Crippen molar-refractivity contribution < 1.29 is 4.74 Å². The smallest absolute Gasteiger partial charge is 0.0576 e. The van der Waals surface area contributed by atoms with E-state index in [1.807, 2.05) is 0 Å². The molecule has 3 unspecified atom stereocenters.